The van der Waals surface area contributed by atoms with Gasteiger partial charge in [-0.2, -0.15) is 0 Å². The summed E-state index contributed by atoms with van der Waals surface area (Å²) in [5.74, 6) is 0.443. The van der Waals surface area contributed by atoms with Crippen molar-refractivity contribution < 1.29 is 9.53 Å². The lowest BCUT2D eigenvalue weighted by Gasteiger charge is -2.17. The Bertz CT molecular complexity index is 328. The van der Waals surface area contributed by atoms with Crippen molar-refractivity contribution in [2.75, 3.05) is 0 Å². The molecule has 1 fully saturated rings. The Balaban J connectivity index is 2.10. The zero-order valence-corrected chi connectivity index (χ0v) is 8.98. The van der Waals surface area contributed by atoms with Gasteiger partial charge in [0.1, 0.15) is 6.10 Å². The van der Waals surface area contributed by atoms with Crippen LogP contribution in [0.15, 0.2) is 30.3 Å². The molecule has 2 rings (SSSR count). The fraction of sp³-hybridized carbons (Fsp3) is 0.462. The van der Waals surface area contributed by atoms with E-state index in [0.29, 0.717) is 12.3 Å². The molecule has 1 atom stereocenters. The summed E-state index contributed by atoms with van der Waals surface area (Å²) in [6.45, 7) is 1.83. The van der Waals surface area contributed by atoms with E-state index in [9.17, 15) is 4.79 Å². The van der Waals surface area contributed by atoms with Crippen molar-refractivity contribution in [1.82, 2.24) is 0 Å². The topological polar surface area (TPSA) is 26.3 Å². The maximum absolute atomic E-state index is 11.3. The van der Waals surface area contributed by atoms with Gasteiger partial charge in [-0.3, -0.25) is 4.79 Å². The quantitative estimate of drug-likeness (QED) is 0.704. The molecule has 0 bridgehead atoms. The lowest BCUT2D eigenvalue weighted by atomic mass is 10.1. The molecule has 1 aliphatic carbocycles. The third kappa shape index (κ3) is 2.58. The first-order valence-electron chi connectivity index (χ1n) is 5.55. The number of benzene rings is 1. The molecule has 1 aromatic rings. The monoisotopic (exact) mass is 204 g/mol. The van der Waals surface area contributed by atoms with Gasteiger partial charge in [0.2, 0.25) is 0 Å². The molecule has 1 aromatic carbocycles. The first-order valence-corrected chi connectivity index (χ1v) is 5.55. The molecular weight excluding hydrogens is 188 g/mol. The van der Waals surface area contributed by atoms with Crippen LogP contribution in [0.5, 0.6) is 0 Å². The molecule has 0 aromatic heterocycles. The predicted octanol–water partition coefficient (Wildman–Crippen LogP) is 3.09. The minimum absolute atomic E-state index is 0.0151. The van der Waals surface area contributed by atoms with E-state index >= 15 is 0 Å². The van der Waals surface area contributed by atoms with Crippen LogP contribution in [0, 0.1) is 5.92 Å². The van der Waals surface area contributed by atoms with E-state index in [1.807, 2.05) is 37.3 Å². The van der Waals surface area contributed by atoms with Crippen molar-refractivity contribution >= 4 is 5.97 Å². The minimum atomic E-state index is -0.101. The second-order valence-corrected chi connectivity index (χ2v) is 4.01. The third-order valence-corrected chi connectivity index (χ3v) is 2.73. The molecule has 1 aliphatic rings. The van der Waals surface area contributed by atoms with E-state index in [4.69, 9.17) is 4.74 Å². The summed E-state index contributed by atoms with van der Waals surface area (Å²) in [5.41, 5.74) is 1.13. The Labute approximate surface area is 90.3 Å². The summed E-state index contributed by atoms with van der Waals surface area (Å²) >= 11 is 0. The largest absolute Gasteiger partial charge is 0.457 e. The van der Waals surface area contributed by atoms with Crippen molar-refractivity contribution in [2.24, 2.45) is 5.92 Å². The van der Waals surface area contributed by atoms with Gasteiger partial charge in [-0.1, -0.05) is 37.3 Å². The number of rotatable bonds is 4. The van der Waals surface area contributed by atoms with E-state index in [1.165, 1.54) is 12.8 Å². The van der Waals surface area contributed by atoms with Gasteiger partial charge in [-0.25, -0.2) is 0 Å². The molecule has 0 saturated heterocycles. The Hall–Kier alpha value is -1.31. The normalized spacial score (nSPS) is 17.1. The zero-order chi connectivity index (χ0) is 10.7. The fourth-order valence-electron chi connectivity index (χ4n) is 1.70. The zero-order valence-electron chi connectivity index (χ0n) is 8.98. The molecule has 2 heteroatoms. The highest BCUT2D eigenvalue weighted by atomic mass is 16.5. The van der Waals surface area contributed by atoms with Crippen LogP contribution in [-0.4, -0.2) is 5.97 Å². The summed E-state index contributed by atoms with van der Waals surface area (Å²) in [5, 5.41) is 0. The van der Waals surface area contributed by atoms with Gasteiger partial charge in [0.05, 0.1) is 0 Å². The molecule has 15 heavy (non-hydrogen) atoms. The Kier molecular flexibility index (Phi) is 3.05. The summed E-state index contributed by atoms with van der Waals surface area (Å²) in [4.78, 5) is 11.3. The molecule has 0 heterocycles. The average molecular weight is 204 g/mol. The second-order valence-electron chi connectivity index (χ2n) is 4.01. The minimum Gasteiger partial charge on any atom is -0.457 e. The number of carbonyl (C=O) groups excluding carboxylic acids is 1. The highest BCUT2D eigenvalue weighted by Crippen LogP contribution is 2.43. The van der Waals surface area contributed by atoms with Crippen LogP contribution in [0.4, 0.5) is 0 Å². The van der Waals surface area contributed by atoms with Crippen molar-refractivity contribution in [1.29, 1.82) is 0 Å². The first-order chi connectivity index (χ1) is 7.31. The predicted molar refractivity (Wildman–Crippen MR) is 58.3 cm³/mol. The summed E-state index contributed by atoms with van der Waals surface area (Å²) in [6, 6.07) is 10.0. The first kappa shape index (κ1) is 10.2. The number of hydrogen-bond donors (Lipinski definition) is 0. The average Bonchev–Trinajstić information content (AvgIpc) is 3.10. The maximum Gasteiger partial charge on any atom is 0.306 e. The number of carbonyl (C=O) groups is 1. The number of ether oxygens (including phenoxy) is 1. The van der Waals surface area contributed by atoms with E-state index in [2.05, 4.69) is 0 Å². The molecule has 2 nitrogen and oxygen atoms in total. The van der Waals surface area contributed by atoms with Crippen LogP contribution >= 0.6 is 0 Å². The van der Waals surface area contributed by atoms with Crippen molar-refractivity contribution in [3.8, 4) is 0 Å². The second kappa shape index (κ2) is 4.47. The molecule has 0 N–H and O–H groups in total. The van der Waals surface area contributed by atoms with E-state index in [0.717, 1.165) is 5.56 Å². The van der Waals surface area contributed by atoms with Crippen molar-refractivity contribution in [3.63, 3.8) is 0 Å². The molecule has 1 unspecified atom stereocenters. The standard InChI is InChI=1S/C13H16O2/c1-2-12(14)15-13(11-8-9-11)10-6-4-3-5-7-10/h3-7,11,13H,2,8-9H2,1H3. The number of hydrogen-bond acceptors (Lipinski definition) is 2. The van der Waals surface area contributed by atoms with E-state index < -0.39 is 0 Å². The van der Waals surface area contributed by atoms with Gasteiger partial charge in [0.25, 0.3) is 0 Å². The Morgan fingerprint density at radius 1 is 1.40 bits per heavy atom. The van der Waals surface area contributed by atoms with Gasteiger partial charge in [0, 0.05) is 12.3 Å². The Morgan fingerprint density at radius 2 is 2.07 bits per heavy atom. The fourth-order valence-corrected chi connectivity index (χ4v) is 1.70. The van der Waals surface area contributed by atoms with Crippen LogP contribution in [-0.2, 0) is 9.53 Å². The van der Waals surface area contributed by atoms with Gasteiger partial charge in [0.15, 0.2) is 0 Å². The van der Waals surface area contributed by atoms with E-state index in [-0.39, 0.29) is 12.1 Å². The lowest BCUT2D eigenvalue weighted by molar-refractivity contribution is -0.150. The van der Waals surface area contributed by atoms with Gasteiger partial charge in [-0.05, 0) is 18.4 Å². The molecule has 0 aliphatic heterocycles. The third-order valence-electron chi connectivity index (χ3n) is 2.73. The molecule has 80 valence electrons. The summed E-state index contributed by atoms with van der Waals surface area (Å²) < 4.78 is 5.47. The smallest absolute Gasteiger partial charge is 0.306 e. The van der Waals surface area contributed by atoms with Crippen molar-refractivity contribution in [2.45, 2.75) is 32.3 Å². The van der Waals surface area contributed by atoms with Crippen LogP contribution in [0.3, 0.4) is 0 Å². The highest BCUT2D eigenvalue weighted by Gasteiger charge is 2.34. The van der Waals surface area contributed by atoms with Gasteiger partial charge >= 0.3 is 5.97 Å². The maximum atomic E-state index is 11.3. The molecular formula is C13H16O2. The van der Waals surface area contributed by atoms with Crippen LogP contribution in [0.25, 0.3) is 0 Å². The lowest BCUT2D eigenvalue weighted by Crippen LogP contribution is -2.12. The van der Waals surface area contributed by atoms with Crippen LogP contribution in [0.1, 0.15) is 37.9 Å². The molecule has 1 saturated carbocycles. The highest BCUT2D eigenvalue weighted by molar-refractivity contribution is 5.69. The van der Waals surface area contributed by atoms with Crippen molar-refractivity contribution in [3.05, 3.63) is 35.9 Å². The van der Waals surface area contributed by atoms with Crippen LogP contribution < -0.4 is 0 Å². The van der Waals surface area contributed by atoms with E-state index in [1.54, 1.807) is 0 Å². The van der Waals surface area contributed by atoms with Gasteiger partial charge < -0.3 is 4.74 Å². The van der Waals surface area contributed by atoms with Gasteiger partial charge in [-0.15, -0.1) is 0 Å². The summed E-state index contributed by atoms with van der Waals surface area (Å²) in [6.07, 6.45) is 2.79. The molecule has 0 amide bonds. The molecule has 0 spiro atoms. The SMILES string of the molecule is CCC(=O)OC(c1ccccc1)C1CC1. The molecule has 0 radical (unpaired) electrons. The Morgan fingerprint density at radius 3 is 2.60 bits per heavy atom. The number of esters is 1. The van der Waals surface area contributed by atoms with Crippen LogP contribution in [0.2, 0.25) is 0 Å². The summed E-state index contributed by atoms with van der Waals surface area (Å²) in [7, 11) is 0.